The molecule has 0 spiro atoms. The molecule has 0 amide bonds. The highest BCUT2D eigenvalue weighted by atomic mass is 16.6. The lowest BCUT2D eigenvalue weighted by molar-refractivity contribution is -0.222. The van der Waals surface area contributed by atoms with Crippen LogP contribution in [0.5, 0.6) is 0 Å². The molecule has 4 atom stereocenters. The number of esters is 3. The third-order valence-corrected chi connectivity index (χ3v) is 5.60. The maximum atomic E-state index is 12.4. The number of aromatic amines is 1. The van der Waals surface area contributed by atoms with E-state index in [2.05, 4.69) is 4.98 Å². The maximum Gasteiger partial charge on any atom is 0.334 e. The highest BCUT2D eigenvalue weighted by Gasteiger charge is 2.49. The summed E-state index contributed by atoms with van der Waals surface area (Å²) in [5.74, 6) is -3.14. The number of para-hydroxylation sites is 1. The summed E-state index contributed by atoms with van der Waals surface area (Å²) in [5, 5.41) is 10.9. The van der Waals surface area contributed by atoms with E-state index < -0.39 is 48.3 Å². The van der Waals surface area contributed by atoms with Gasteiger partial charge >= 0.3 is 23.9 Å². The van der Waals surface area contributed by atoms with Crippen molar-refractivity contribution in [2.24, 2.45) is 0 Å². The van der Waals surface area contributed by atoms with Gasteiger partial charge < -0.3 is 29.0 Å². The fourth-order valence-electron chi connectivity index (χ4n) is 3.78. The fraction of sp³-hybridized carbons (Fsp3) is 0.440. The van der Waals surface area contributed by atoms with Crippen molar-refractivity contribution >= 4 is 40.9 Å². The second kappa shape index (κ2) is 11.7. The minimum atomic E-state index is -1.35. The number of carbonyl (C=O) groups is 4. The van der Waals surface area contributed by atoms with Gasteiger partial charge in [0.05, 0.1) is 12.2 Å². The molecule has 1 aromatic carbocycles. The second-order valence-electron chi connectivity index (χ2n) is 7.95. The number of aliphatic carboxylic acids is 1. The van der Waals surface area contributed by atoms with Crippen LogP contribution in [0.4, 0.5) is 0 Å². The molecule has 10 heteroatoms. The van der Waals surface area contributed by atoms with Gasteiger partial charge in [0.25, 0.3) is 0 Å². The van der Waals surface area contributed by atoms with E-state index >= 15 is 0 Å². The molecule has 2 aromatic rings. The molecule has 1 fully saturated rings. The zero-order valence-corrected chi connectivity index (χ0v) is 19.8. The van der Waals surface area contributed by atoms with E-state index in [1.807, 2.05) is 24.3 Å². The molecule has 1 aliphatic rings. The first kappa shape index (κ1) is 26.0. The number of carboxylic acid groups (broad SMARTS) is 1. The summed E-state index contributed by atoms with van der Waals surface area (Å²) in [6.07, 6.45) is -1.82. The molecule has 188 valence electrons. The molecule has 10 nitrogen and oxygen atoms in total. The van der Waals surface area contributed by atoms with E-state index in [0.29, 0.717) is 5.56 Å². The topological polar surface area (TPSA) is 141 Å². The van der Waals surface area contributed by atoms with Crippen LogP contribution in [-0.4, -0.2) is 65.0 Å². The summed E-state index contributed by atoms with van der Waals surface area (Å²) in [5.41, 5.74) is 1.19. The number of fused-ring (bicyclic) bond motifs is 1. The highest BCUT2D eigenvalue weighted by Crippen LogP contribution is 2.31. The third kappa shape index (κ3) is 6.07. The van der Waals surface area contributed by atoms with Gasteiger partial charge in [0.2, 0.25) is 0 Å². The van der Waals surface area contributed by atoms with Crippen molar-refractivity contribution in [1.29, 1.82) is 0 Å². The zero-order valence-electron chi connectivity index (χ0n) is 19.8. The van der Waals surface area contributed by atoms with Gasteiger partial charge in [-0.05, 0) is 12.1 Å². The Kier molecular flexibility index (Phi) is 8.64. The first-order valence-corrected chi connectivity index (χ1v) is 11.5. The summed E-state index contributed by atoms with van der Waals surface area (Å²) in [7, 11) is 0. The number of H-pyrrole nitrogens is 1. The number of aromatic nitrogens is 1. The molecule has 1 aromatic heterocycles. The van der Waals surface area contributed by atoms with E-state index in [1.54, 1.807) is 27.0 Å². The van der Waals surface area contributed by atoms with Crippen LogP contribution in [0, 0.1) is 0 Å². The predicted octanol–water partition coefficient (Wildman–Crippen LogP) is 3.00. The van der Waals surface area contributed by atoms with Crippen molar-refractivity contribution in [3.05, 3.63) is 41.6 Å². The van der Waals surface area contributed by atoms with Gasteiger partial charge in [-0.15, -0.1) is 0 Å². The Labute approximate surface area is 202 Å². The smallest absolute Gasteiger partial charge is 0.334 e. The normalized spacial score (nSPS) is 22.4. The molecule has 1 saturated heterocycles. The standard InChI is InChI=1S/C25H29NO9/c1-4-19(27)33-18-13-32-22(24(35-21(29)6-3)23(18)34-20(28)5-2)16(25(30)31)11-14-12-26-17-10-8-7-9-15(14)17/h7-12,18,22-24,26H,4-6,13H2,1-3H3,(H,30,31)/b16-11+. The maximum absolute atomic E-state index is 12.4. The lowest BCUT2D eigenvalue weighted by Crippen LogP contribution is -2.58. The summed E-state index contributed by atoms with van der Waals surface area (Å²) in [4.78, 5) is 51.9. The minimum Gasteiger partial charge on any atom is -0.478 e. The largest absolute Gasteiger partial charge is 0.478 e. The lowest BCUT2D eigenvalue weighted by atomic mass is 9.92. The van der Waals surface area contributed by atoms with E-state index in [1.165, 1.54) is 6.08 Å². The first-order valence-electron chi connectivity index (χ1n) is 11.5. The van der Waals surface area contributed by atoms with Crippen molar-refractivity contribution in [3.8, 4) is 0 Å². The van der Waals surface area contributed by atoms with Crippen LogP contribution in [0.25, 0.3) is 17.0 Å². The number of nitrogens with one attached hydrogen (secondary N) is 1. The molecule has 2 heterocycles. The molecular weight excluding hydrogens is 458 g/mol. The van der Waals surface area contributed by atoms with Gasteiger partial charge in [-0.1, -0.05) is 39.0 Å². The van der Waals surface area contributed by atoms with Crippen molar-refractivity contribution in [2.45, 2.75) is 64.4 Å². The molecule has 0 aliphatic carbocycles. The van der Waals surface area contributed by atoms with E-state index in [4.69, 9.17) is 18.9 Å². The highest BCUT2D eigenvalue weighted by molar-refractivity contribution is 5.98. The molecule has 3 rings (SSSR count). The molecule has 0 radical (unpaired) electrons. The number of carboxylic acids is 1. The molecular formula is C25H29NO9. The van der Waals surface area contributed by atoms with Gasteiger partial charge in [-0.3, -0.25) is 14.4 Å². The van der Waals surface area contributed by atoms with Crippen molar-refractivity contribution in [1.82, 2.24) is 4.98 Å². The molecule has 4 unspecified atom stereocenters. The van der Waals surface area contributed by atoms with Gasteiger partial charge in [0, 0.05) is 41.9 Å². The average molecular weight is 488 g/mol. The number of benzene rings is 1. The van der Waals surface area contributed by atoms with Gasteiger partial charge in [-0.2, -0.15) is 0 Å². The number of hydrogen-bond acceptors (Lipinski definition) is 8. The number of carbonyl (C=O) groups excluding carboxylic acids is 3. The average Bonchev–Trinajstić information content (AvgIpc) is 3.27. The molecule has 2 N–H and O–H groups in total. The number of ether oxygens (including phenoxy) is 4. The van der Waals surface area contributed by atoms with Gasteiger partial charge in [-0.25, -0.2) is 4.79 Å². The predicted molar refractivity (Wildman–Crippen MR) is 124 cm³/mol. The Balaban J connectivity index is 2.06. The summed E-state index contributed by atoms with van der Waals surface area (Å²) in [6, 6.07) is 7.35. The third-order valence-electron chi connectivity index (χ3n) is 5.60. The van der Waals surface area contributed by atoms with Crippen LogP contribution in [0.3, 0.4) is 0 Å². The Hall–Kier alpha value is -3.66. The van der Waals surface area contributed by atoms with Gasteiger partial charge in [0.1, 0.15) is 6.10 Å². The van der Waals surface area contributed by atoms with Crippen LogP contribution in [0.15, 0.2) is 36.0 Å². The summed E-state index contributed by atoms with van der Waals surface area (Å²) >= 11 is 0. The quantitative estimate of drug-likeness (QED) is 0.310. The van der Waals surface area contributed by atoms with Gasteiger partial charge in [0.15, 0.2) is 18.3 Å². The zero-order chi connectivity index (χ0) is 25.5. The van der Waals surface area contributed by atoms with E-state index in [9.17, 15) is 24.3 Å². The van der Waals surface area contributed by atoms with Crippen molar-refractivity contribution in [3.63, 3.8) is 0 Å². The van der Waals surface area contributed by atoms with E-state index in [-0.39, 0.29) is 31.4 Å². The summed E-state index contributed by atoms with van der Waals surface area (Å²) < 4.78 is 22.3. The van der Waals surface area contributed by atoms with Crippen molar-refractivity contribution < 1.29 is 43.2 Å². The van der Waals surface area contributed by atoms with Crippen LogP contribution in [0.1, 0.15) is 45.6 Å². The lowest BCUT2D eigenvalue weighted by Gasteiger charge is -2.41. The molecule has 0 saturated carbocycles. The molecule has 35 heavy (non-hydrogen) atoms. The fourth-order valence-corrected chi connectivity index (χ4v) is 3.78. The number of hydrogen-bond donors (Lipinski definition) is 2. The molecule has 0 bridgehead atoms. The Morgan fingerprint density at radius 2 is 1.57 bits per heavy atom. The SMILES string of the molecule is CCC(=O)OC1COC(/C(=C\c2c[nH]c3ccccc23)C(=O)O)C(OC(=O)CC)C1OC(=O)CC. The van der Waals surface area contributed by atoms with Crippen molar-refractivity contribution in [2.75, 3.05) is 6.61 Å². The van der Waals surface area contributed by atoms with Crippen LogP contribution in [0.2, 0.25) is 0 Å². The summed E-state index contributed by atoms with van der Waals surface area (Å²) in [6.45, 7) is 4.50. The monoisotopic (exact) mass is 487 g/mol. The second-order valence-corrected chi connectivity index (χ2v) is 7.95. The van der Waals surface area contributed by atoms with Crippen LogP contribution in [-0.2, 0) is 38.1 Å². The van der Waals surface area contributed by atoms with Crippen LogP contribution < -0.4 is 0 Å². The molecule has 1 aliphatic heterocycles. The minimum absolute atomic E-state index is 0.00829. The van der Waals surface area contributed by atoms with E-state index in [0.717, 1.165) is 10.9 Å². The first-order chi connectivity index (χ1) is 16.8. The van der Waals surface area contributed by atoms with Crippen LogP contribution >= 0.6 is 0 Å². The number of rotatable bonds is 9. The Bertz CT molecular complexity index is 1120. The Morgan fingerprint density at radius 3 is 2.20 bits per heavy atom. The Morgan fingerprint density at radius 1 is 0.971 bits per heavy atom.